The molecular formula is C55H42S. The highest BCUT2D eigenvalue weighted by molar-refractivity contribution is 7.20. The molecule has 4 atom stereocenters. The minimum Gasteiger partial charge on any atom is -0.139 e. The van der Waals surface area contributed by atoms with Crippen molar-refractivity contribution < 1.29 is 0 Å². The van der Waals surface area contributed by atoms with Gasteiger partial charge >= 0.3 is 0 Å². The molecule has 0 spiro atoms. The van der Waals surface area contributed by atoms with E-state index >= 15 is 0 Å². The monoisotopic (exact) mass is 734 g/mol. The average Bonchev–Trinajstić information content (AvgIpc) is 4.17. The van der Waals surface area contributed by atoms with Crippen LogP contribution in [0.1, 0.15) is 48.1 Å². The Bertz CT molecular complexity index is 3180. The standard InChI is InChI=1S/C55H42S/c1-33-28-49(33)53-32-52(53)45-27-26-42(47-19-11-20-48-46-18-6-3-7-21-54(46)56-55(47)48)44-25-23-37(31-51(44)45)35-13-10-12-34(29-35)36-22-24-43-40-15-5-2-4-14-38(40)39-16-8-9-17-41(39)50(43)30-36/h2-3,5-20,22-27,29-31,33,49,52-53H,4,21,28,32H2,1H3. The van der Waals surface area contributed by atoms with E-state index < -0.39 is 0 Å². The van der Waals surface area contributed by atoms with Crippen LogP contribution in [0.4, 0.5) is 0 Å². The lowest BCUT2D eigenvalue weighted by Crippen LogP contribution is -2.26. The van der Waals surface area contributed by atoms with E-state index in [4.69, 9.17) is 0 Å². The van der Waals surface area contributed by atoms with Gasteiger partial charge in [0.15, 0.2) is 0 Å². The summed E-state index contributed by atoms with van der Waals surface area (Å²) in [4.78, 5) is 1.46. The summed E-state index contributed by atoms with van der Waals surface area (Å²) in [5.74, 6) is 3.31. The number of hydrogen-bond donors (Lipinski definition) is 0. The smallest absolute Gasteiger partial charge is 0.0430 e. The lowest BCUT2D eigenvalue weighted by atomic mass is 9.89. The Morgan fingerprint density at radius 1 is 0.536 bits per heavy atom. The molecule has 7 aromatic carbocycles. The van der Waals surface area contributed by atoms with Crippen molar-refractivity contribution in [2.24, 2.45) is 17.8 Å². The number of thiophene rings is 1. The maximum absolute atomic E-state index is 2.53. The minimum atomic E-state index is 0.668. The molecule has 4 aliphatic rings. The van der Waals surface area contributed by atoms with Crippen LogP contribution in [0, 0.1) is 17.8 Å². The van der Waals surface area contributed by atoms with E-state index in [1.165, 1.54) is 110 Å². The van der Waals surface area contributed by atoms with Gasteiger partial charge in [-0.1, -0.05) is 153 Å². The summed E-state index contributed by atoms with van der Waals surface area (Å²) in [6, 6.07) is 44.5. The first-order valence-corrected chi connectivity index (χ1v) is 21.4. The van der Waals surface area contributed by atoms with Crippen molar-refractivity contribution in [3.8, 4) is 33.4 Å². The molecule has 8 aromatic rings. The van der Waals surface area contributed by atoms with Crippen molar-refractivity contribution >= 4 is 72.0 Å². The molecule has 0 aliphatic heterocycles. The quantitative estimate of drug-likeness (QED) is 0.154. The normalized spacial score (nSPS) is 20.7. The van der Waals surface area contributed by atoms with Gasteiger partial charge in [-0.2, -0.15) is 0 Å². The van der Waals surface area contributed by atoms with E-state index in [0.29, 0.717) is 5.92 Å². The number of fused-ring (bicyclic) bond motifs is 10. The summed E-state index contributed by atoms with van der Waals surface area (Å²) in [6.07, 6.45) is 22.8. The Morgan fingerprint density at radius 2 is 1.29 bits per heavy atom. The van der Waals surface area contributed by atoms with E-state index in [1.807, 2.05) is 11.3 Å². The Labute approximate surface area is 332 Å². The second-order valence-electron chi connectivity index (χ2n) is 16.7. The second kappa shape index (κ2) is 12.6. The van der Waals surface area contributed by atoms with Crippen LogP contribution in [0.3, 0.4) is 0 Å². The summed E-state index contributed by atoms with van der Waals surface area (Å²) < 4.78 is 1.41. The molecule has 2 saturated carbocycles. The molecule has 2 fully saturated rings. The van der Waals surface area contributed by atoms with Crippen molar-refractivity contribution in [1.29, 1.82) is 0 Å². The summed E-state index contributed by atoms with van der Waals surface area (Å²) in [7, 11) is 0. The van der Waals surface area contributed by atoms with Gasteiger partial charge in [0.1, 0.15) is 0 Å². The topological polar surface area (TPSA) is 0 Å². The first-order chi connectivity index (χ1) is 27.7. The zero-order chi connectivity index (χ0) is 36.9. The molecule has 1 heterocycles. The van der Waals surface area contributed by atoms with Gasteiger partial charge in [0.05, 0.1) is 0 Å². The molecule has 0 N–H and O–H groups in total. The second-order valence-corrected chi connectivity index (χ2v) is 17.8. The molecule has 0 saturated heterocycles. The predicted molar refractivity (Wildman–Crippen MR) is 243 cm³/mol. The maximum atomic E-state index is 2.53. The van der Waals surface area contributed by atoms with Gasteiger partial charge in [-0.05, 0) is 143 Å². The number of allylic oxidation sites excluding steroid dienone is 5. The zero-order valence-corrected chi connectivity index (χ0v) is 32.5. The van der Waals surface area contributed by atoms with E-state index in [0.717, 1.165) is 30.6 Å². The lowest BCUT2D eigenvalue weighted by Gasteiger charge is -2.15. The van der Waals surface area contributed by atoms with Crippen LogP contribution in [0.5, 0.6) is 0 Å². The number of hydrogen-bond acceptors (Lipinski definition) is 1. The van der Waals surface area contributed by atoms with Gasteiger partial charge in [-0.15, -0.1) is 11.3 Å². The minimum absolute atomic E-state index is 0.668. The molecule has 0 nitrogen and oxygen atoms in total. The SMILES string of the molecule is CC1CC1C1CC1c1ccc(-c2cccc3c4c(sc23)CC=CC=C4)c2ccc(-c3cccc(-c4ccc5c6c(c7ccccc7c5c4)=CCC=CC=6)c3)cc12. The van der Waals surface area contributed by atoms with E-state index in [-0.39, 0.29) is 0 Å². The van der Waals surface area contributed by atoms with Crippen LogP contribution in [0.15, 0.2) is 146 Å². The van der Waals surface area contributed by atoms with E-state index in [9.17, 15) is 0 Å². The molecular weight excluding hydrogens is 693 g/mol. The fraction of sp³-hybridized carbons (Fsp3) is 0.164. The summed E-state index contributed by atoms with van der Waals surface area (Å²) >= 11 is 1.98. The van der Waals surface area contributed by atoms with Gasteiger partial charge in [-0.25, -0.2) is 0 Å². The van der Waals surface area contributed by atoms with Crippen LogP contribution in [-0.2, 0) is 6.42 Å². The van der Waals surface area contributed by atoms with Crippen molar-refractivity contribution in [1.82, 2.24) is 0 Å². The van der Waals surface area contributed by atoms with Gasteiger partial charge in [0.2, 0.25) is 0 Å². The van der Waals surface area contributed by atoms with Crippen molar-refractivity contribution in [3.05, 3.63) is 172 Å². The average molecular weight is 735 g/mol. The van der Waals surface area contributed by atoms with Crippen molar-refractivity contribution in [3.63, 3.8) is 0 Å². The molecule has 268 valence electrons. The summed E-state index contributed by atoms with van der Waals surface area (Å²) in [6.45, 7) is 2.45. The lowest BCUT2D eigenvalue weighted by molar-refractivity contribution is 0.639. The molecule has 0 bridgehead atoms. The fourth-order valence-electron chi connectivity index (χ4n) is 10.4. The third-order valence-electron chi connectivity index (χ3n) is 13.4. The molecule has 56 heavy (non-hydrogen) atoms. The number of benzene rings is 7. The Morgan fingerprint density at radius 3 is 2.14 bits per heavy atom. The van der Waals surface area contributed by atoms with Gasteiger partial charge < -0.3 is 0 Å². The fourth-order valence-corrected chi connectivity index (χ4v) is 11.7. The van der Waals surface area contributed by atoms with E-state index in [1.54, 1.807) is 5.56 Å². The molecule has 0 amide bonds. The largest absolute Gasteiger partial charge is 0.139 e. The first-order valence-electron chi connectivity index (χ1n) is 20.5. The molecule has 1 aromatic heterocycles. The van der Waals surface area contributed by atoms with Crippen LogP contribution >= 0.6 is 11.3 Å². The van der Waals surface area contributed by atoms with Gasteiger partial charge in [0.25, 0.3) is 0 Å². The highest BCUT2D eigenvalue weighted by Crippen LogP contribution is 2.63. The molecule has 0 radical (unpaired) electrons. The molecule has 1 heteroatoms. The van der Waals surface area contributed by atoms with Crippen LogP contribution in [0.25, 0.3) is 94.0 Å². The van der Waals surface area contributed by atoms with Crippen molar-refractivity contribution in [2.45, 2.75) is 38.5 Å². The zero-order valence-electron chi connectivity index (χ0n) is 31.6. The predicted octanol–water partition coefficient (Wildman–Crippen LogP) is 13.8. The van der Waals surface area contributed by atoms with Crippen LogP contribution < -0.4 is 10.4 Å². The molecule has 4 aliphatic carbocycles. The Hall–Kier alpha value is -5.76. The molecule has 12 rings (SSSR count). The summed E-state index contributed by atoms with van der Waals surface area (Å²) in [5, 5.41) is 12.2. The van der Waals surface area contributed by atoms with Crippen molar-refractivity contribution in [2.75, 3.05) is 0 Å². The summed E-state index contributed by atoms with van der Waals surface area (Å²) in [5.41, 5.74) is 10.7. The third kappa shape index (κ3) is 5.17. The first kappa shape index (κ1) is 32.5. The van der Waals surface area contributed by atoms with E-state index in [2.05, 4.69) is 171 Å². The number of rotatable bonds is 5. The Kier molecular flexibility index (Phi) is 7.33. The highest BCUT2D eigenvalue weighted by atomic mass is 32.1. The third-order valence-corrected chi connectivity index (χ3v) is 14.7. The van der Waals surface area contributed by atoms with Crippen LogP contribution in [0.2, 0.25) is 0 Å². The van der Waals surface area contributed by atoms with Gasteiger partial charge in [0, 0.05) is 26.9 Å². The highest BCUT2D eigenvalue weighted by Gasteiger charge is 2.52. The van der Waals surface area contributed by atoms with Crippen LogP contribution in [-0.4, -0.2) is 0 Å². The maximum Gasteiger partial charge on any atom is 0.0430 e. The van der Waals surface area contributed by atoms with Gasteiger partial charge in [-0.3, -0.25) is 0 Å². The Balaban J connectivity index is 0.998. The molecule has 4 unspecified atom stereocenters.